The quantitative estimate of drug-likeness (QED) is 0.383. The van der Waals surface area contributed by atoms with Gasteiger partial charge in [0.05, 0.1) is 41.7 Å². The molecule has 1 unspecified atom stereocenters. The number of nitrogens with one attached hydrogen (secondary N) is 2. The Labute approximate surface area is 193 Å². The number of hydrogen-bond donors (Lipinski definition) is 2. The number of thiophene rings is 1. The van der Waals surface area contributed by atoms with Crippen molar-refractivity contribution in [3.63, 3.8) is 0 Å². The van der Waals surface area contributed by atoms with Crippen LogP contribution in [0.25, 0.3) is 11.0 Å². The van der Waals surface area contributed by atoms with E-state index in [0.29, 0.717) is 30.0 Å². The maximum Gasteiger partial charge on any atom is 0.338 e. The fourth-order valence-corrected chi connectivity index (χ4v) is 5.32. The number of aromatic nitrogens is 2. The molecule has 2 aromatic heterocycles. The monoisotopic (exact) mass is 467 g/mol. The molecule has 1 aliphatic rings. The highest BCUT2D eigenvalue weighted by molar-refractivity contribution is 7.99. The van der Waals surface area contributed by atoms with Crippen LogP contribution in [0.3, 0.4) is 0 Å². The minimum Gasteiger partial charge on any atom is -0.463 e. The average Bonchev–Trinajstić information content (AvgIpc) is 3.44. The van der Waals surface area contributed by atoms with Crippen LogP contribution in [0, 0.1) is 11.3 Å². The van der Waals surface area contributed by atoms with Crippen molar-refractivity contribution in [1.82, 2.24) is 20.2 Å². The van der Waals surface area contributed by atoms with E-state index in [-0.39, 0.29) is 12.6 Å². The van der Waals surface area contributed by atoms with Crippen molar-refractivity contribution < 1.29 is 14.3 Å². The summed E-state index contributed by atoms with van der Waals surface area (Å²) in [6, 6.07) is 12.7. The molecule has 1 atom stereocenters. The van der Waals surface area contributed by atoms with Crippen LogP contribution < -0.4 is 10.6 Å². The van der Waals surface area contributed by atoms with Gasteiger partial charge in [-0.3, -0.25) is 0 Å². The van der Waals surface area contributed by atoms with Crippen LogP contribution in [-0.2, 0) is 16.1 Å². The number of nitrogens with zero attached hydrogens (tertiary/aromatic N) is 3. The van der Waals surface area contributed by atoms with E-state index in [1.165, 1.54) is 23.1 Å². The molecule has 3 heterocycles. The number of esters is 1. The van der Waals surface area contributed by atoms with Crippen LogP contribution in [0.15, 0.2) is 58.2 Å². The molecule has 164 valence electrons. The summed E-state index contributed by atoms with van der Waals surface area (Å²) in [7, 11) is 0. The third kappa shape index (κ3) is 4.49. The molecule has 8 nitrogen and oxygen atoms in total. The van der Waals surface area contributed by atoms with Gasteiger partial charge in [-0.2, -0.15) is 5.26 Å². The maximum absolute atomic E-state index is 12.8. The van der Waals surface area contributed by atoms with Crippen LogP contribution in [0.1, 0.15) is 24.3 Å². The van der Waals surface area contributed by atoms with Crippen LogP contribution in [0.4, 0.5) is 4.79 Å². The van der Waals surface area contributed by atoms with Gasteiger partial charge in [0.1, 0.15) is 0 Å². The lowest BCUT2D eigenvalue weighted by molar-refractivity contribution is -0.139. The summed E-state index contributed by atoms with van der Waals surface area (Å²) in [5.41, 5.74) is 2.66. The lowest BCUT2D eigenvalue weighted by atomic mass is 10.0. The Hall–Kier alpha value is -3.29. The number of hydrogen-bond acceptors (Lipinski definition) is 7. The number of urea groups is 1. The fraction of sp³-hybridized carbons (Fsp3) is 0.273. The second-order valence-corrected chi connectivity index (χ2v) is 8.81. The average molecular weight is 468 g/mol. The zero-order valence-electron chi connectivity index (χ0n) is 17.3. The van der Waals surface area contributed by atoms with E-state index in [1.807, 2.05) is 46.3 Å². The predicted octanol–water partition coefficient (Wildman–Crippen LogP) is 3.97. The Balaban J connectivity index is 1.69. The van der Waals surface area contributed by atoms with Gasteiger partial charge in [0.25, 0.3) is 0 Å². The third-order valence-electron chi connectivity index (χ3n) is 4.89. The molecule has 4 rings (SSSR count). The molecule has 1 aromatic carbocycles. The topological polar surface area (TPSA) is 109 Å². The van der Waals surface area contributed by atoms with Crippen molar-refractivity contribution in [2.24, 2.45) is 0 Å². The normalized spacial score (nSPS) is 15.9. The van der Waals surface area contributed by atoms with Gasteiger partial charge in [-0.15, -0.1) is 11.3 Å². The molecule has 0 saturated carbocycles. The number of ether oxygens (including phenoxy) is 1. The number of nitriles is 1. The SMILES string of the molecule is CCOC(=O)C1=C(CSc2nc3ccccc3n2CCC#N)NC(=O)NC1c1cccs1. The zero-order chi connectivity index (χ0) is 22.5. The van der Waals surface area contributed by atoms with Gasteiger partial charge in [-0.1, -0.05) is 30.0 Å². The fourth-order valence-electron chi connectivity index (χ4n) is 3.53. The van der Waals surface area contributed by atoms with Gasteiger partial charge in [0.2, 0.25) is 0 Å². The summed E-state index contributed by atoms with van der Waals surface area (Å²) in [5.74, 6) is -0.147. The van der Waals surface area contributed by atoms with Gasteiger partial charge in [0, 0.05) is 22.9 Å². The molecular formula is C22H21N5O3S2. The van der Waals surface area contributed by atoms with Gasteiger partial charge >= 0.3 is 12.0 Å². The van der Waals surface area contributed by atoms with E-state index in [9.17, 15) is 9.59 Å². The Morgan fingerprint density at radius 1 is 1.34 bits per heavy atom. The van der Waals surface area contributed by atoms with E-state index >= 15 is 0 Å². The molecule has 2 N–H and O–H groups in total. The molecule has 10 heteroatoms. The van der Waals surface area contributed by atoms with Crippen LogP contribution in [-0.4, -0.2) is 33.9 Å². The van der Waals surface area contributed by atoms with E-state index < -0.39 is 12.0 Å². The Bertz CT molecular complexity index is 1210. The Kier molecular flexibility index (Phi) is 6.78. The van der Waals surface area contributed by atoms with Crippen molar-refractivity contribution in [1.29, 1.82) is 5.26 Å². The summed E-state index contributed by atoms with van der Waals surface area (Å²) in [5, 5.41) is 17.3. The van der Waals surface area contributed by atoms with Crippen molar-refractivity contribution >= 4 is 46.1 Å². The summed E-state index contributed by atoms with van der Waals surface area (Å²) in [4.78, 5) is 30.8. The molecule has 0 bridgehead atoms. The summed E-state index contributed by atoms with van der Waals surface area (Å²) in [6.45, 7) is 2.49. The molecule has 0 radical (unpaired) electrons. The first-order chi connectivity index (χ1) is 15.6. The van der Waals surface area contributed by atoms with E-state index in [4.69, 9.17) is 15.0 Å². The number of para-hydroxylation sites is 2. The van der Waals surface area contributed by atoms with Crippen LogP contribution >= 0.6 is 23.1 Å². The van der Waals surface area contributed by atoms with E-state index in [2.05, 4.69) is 16.7 Å². The first kappa shape index (κ1) is 21.9. The molecule has 1 aliphatic heterocycles. The van der Waals surface area contributed by atoms with Gasteiger partial charge in [-0.25, -0.2) is 14.6 Å². The van der Waals surface area contributed by atoms with Gasteiger partial charge < -0.3 is 19.9 Å². The largest absolute Gasteiger partial charge is 0.463 e. The van der Waals surface area contributed by atoms with Crippen molar-refractivity contribution in [3.8, 4) is 6.07 Å². The highest BCUT2D eigenvalue weighted by atomic mass is 32.2. The number of fused-ring (bicyclic) bond motifs is 1. The highest BCUT2D eigenvalue weighted by Crippen LogP contribution is 2.33. The zero-order valence-corrected chi connectivity index (χ0v) is 19.0. The number of carbonyl (C=O) groups is 2. The molecule has 0 spiro atoms. The number of amides is 2. The molecule has 3 aromatic rings. The van der Waals surface area contributed by atoms with E-state index in [0.717, 1.165) is 21.1 Å². The molecule has 0 saturated heterocycles. The lowest BCUT2D eigenvalue weighted by Crippen LogP contribution is -2.46. The molecule has 0 fully saturated rings. The predicted molar refractivity (Wildman–Crippen MR) is 123 cm³/mol. The molecular weight excluding hydrogens is 446 g/mol. The number of aryl methyl sites for hydroxylation is 1. The number of rotatable bonds is 8. The van der Waals surface area contributed by atoms with Crippen molar-refractivity contribution in [2.75, 3.05) is 12.4 Å². The standard InChI is InChI=1S/C22H21N5O3S2/c1-2-30-20(28)18-15(24-21(29)26-19(18)17-9-5-12-31-17)13-32-22-25-14-7-3-4-8-16(14)27(22)11-6-10-23/h3-5,7-9,12,19H,2,6,11,13H2,1H3,(H2,24,26,29). The van der Waals surface area contributed by atoms with E-state index in [1.54, 1.807) is 6.92 Å². The first-order valence-electron chi connectivity index (χ1n) is 10.1. The molecule has 2 amide bonds. The van der Waals surface area contributed by atoms with Crippen LogP contribution in [0.5, 0.6) is 0 Å². The molecule has 32 heavy (non-hydrogen) atoms. The first-order valence-corrected chi connectivity index (χ1v) is 11.9. The second kappa shape index (κ2) is 9.89. The second-order valence-electron chi connectivity index (χ2n) is 6.89. The summed E-state index contributed by atoms with van der Waals surface area (Å²) in [6.07, 6.45) is 0.353. The van der Waals surface area contributed by atoms with Gasteiger partial charge in [0.15, 0.2) is 5.16 Å². The number of thioether (sulfide) groups is 1. The smallest absolute Gasteiger partial charge is 0.338 e. The summed E-state index contributed by atoms with van der Waals surface area (Å²) >= 11 is 2.87. The Morgan fingerprint density at radius 3 is 2.94 bits per heavy atom. The third-order valence-corrected chi connectivity index (χ3v) is 6.83. The molecule has 0 aliphatic carbocycles. The lowest BCUT2D eigenvalue weighted by Gasteiger charge is -2.28. The summed E-state index contributed by atoms with van der Waals surface area (Å²) < 4.78 is 7.30. The van der Waals surface area contributed by atoms with Gasteiger partial charge in [-0.05, 0) is 30.5 Å². The number of benzene rings is 1. The number of carbonyl (C=O) groups excluding carboxylic acids is 2. The van der Waals surface area contributed by atoms with Crippen molar-refractivity contribution in [2.45, 2.75) is 31.1 Å². The van der Waals surface area contributed by atoms with Crippen LogP contribution in [0.2, 0.25) is 0 Å². The maximum atomic E-state index is 12.8. The van der Waals surface area contributed by atoms with Crippen molar-refractivity contribution in [3.05, 3.63) is 57.9 Å². The minimum atomic E-state index is -0.573. The highest BCUT2D eigenvalue weighted by Gasteiger charge is 2.34. The minimum absolute atomic E-state index is 0.234. The Morgan fingerprint density at radius 2 is 2.19 bits per heavy atom. The number of imidazole rings is 1.